The molecule has 102 valence electrons. The summed E-state index contributed by atoms with van der Waals surface area (Å²) in [4.78, 5) is 22.9. The van der Waals surface area contributed by atoms with Gasteiger partial charge in [-0.2, -0.15) is 0 Å². The molecule has 0 fully saturated rings. The van der Waals surface area contributed by atoms with Gasteiger partial charge in [-0.25, -0.2) is 4.79 Å². The number of rotatable bonds is 5. The molecule has 0 bridgehead atoms. The number of benzene rings is 2. The van der Waals surface area contributed by atoms with Crippen LogP contribution in [0.25, 0.3) is 0 Å². The molecule has 0 aliphatic carbocycles. The minimum absolute atomic E-state index is 0.0161. The zero-order valence-corrected chi connectivity index (χ0v) is 11.4. The van der Waals surface area contributed by atoms with Crippen LogP contribution >= 0.6 is 11.6 Å². The predicted molar refractivity (Wildman–Crippen MR) is 77.5 cm³/mol. The van der Waals surface area contributed by atoms with Crippen LogP contribution in [-0.2, 0) is 6.42 Å². The van der Waals surface area contributed by atoms with Crippen molar-refractivity contribution in [1.82, 2.24) is 0 Å². The van der Waals surface area contributed by atoms with Crippen molar-refractivity contribution in [2.75, 3.05) is 0 Å². The molecule has 0 aliphatic rings. The van der Waals surface area contributed by atoms with Crippen molar-refractivity contribution in [2.24, 2.45) is 0 Å². The van der Waals surface area contributed by atoms with Crippen molar-refractivity contribution in [3.05, 3.63) is 70.2 Å². The number of carbonyl (C=O) groups excluding carboxylic acids is 1. The van der Waals surface area contributed by atoms with Crippen LogP contribution in [0.2, 0.25) is 5.02 Å². The number of carboxylic acid groups (broad SMARTS) is 1. The number of aromatic carboxylic acids is 1. The molecule has 0 radical (unpaired) electrons. The van der Waals surface area contributed by atoms with Crippen LogP contribution in [-0.4, -0.2) is 16.9 Å². The Bertz CT molecular complexity index is 632. The fourth-order valence-electron chi connectivity index (χ4n) is 1.90. The average molecular weight is 289 g/mol. The van der Waals surface area contributed by atoms with Crippen molar-refractivity contribution in [1.29, 1.82) is 0 Å². The quantitative estimate of drug-likeness (QED) is 0.850. The molecule has 0 atom stereocenters. The van der Waals surface area contributed by atoms with Crippen LogP contribution in [0.1, 0.15) is 32.7 Å². The highest BCUT2D eigenvalue weighted by atomic mass is 35.5. The van der Waals surface area contributed by atoms with Gasteiger partial charge in [0.1, 0.15) is 0 Å². The predicted octanol–water partition coefficient (Wildman–Crippen LogP) is 3.85. The molecular weight excluding hydrogens is 276 g/mol. The van der Waals surface area contributed by atoms with Gasteiger partial charge in [-0.15, -0.1) is 0 Å². The maximum atomic E-state index is 12.0. The lowest BCUT2D eigenvalue weighted by Gasteiger charge is -2.03. The number of ketones is 1. The van der Waals surface area contributed by atoms with Crippen LogP contribution in [0.5, 0.6) is 0 Å². The standard InChI is InChI=1S/C16H13ClO3/c17-14-7-5-12(6-8-14)15(18)9-4-11-2-1-3-13(10-11)16(19)20/h1-3,5-8,10H,4,9H2,(H,19,20). The van der Waals surface area contributed by atoms with Crippen molar-refractivity contribution in [2.45, 2.75) is 12.8 Å². The Hall–Kier alpha value is -2.13. The van der Waals surface area contributed by atoms with E-state index in [9.17, 15) is 9.59 Å². The number of carbonyl (C=O) groups is 2. The monoisotopic (exact) mass is 288 g/mol. The molecule has 0 aromatic heterocycles. The Labute approximate surface area is 121 Å². The smallest absolute Gasteiger partial charge is 0.335 e. The van der Waals surface area contributed by atoms with E-state index in [1.165, 1.54) is 6.07 Å². The maximum Gasteiger partial charge on any atom is 0.335 e. The third-order valence-electron chi connectivity index (χ3n) is 2.98. The molecule has 0 saturated carbocycles. The van der Waals surface area contributed by atoms with Crippen LogP contribution < -0.4 is 0 Å². The van der Waals surface area contributed by atoms with Crippen LogP contribution in [0.4, 0.5) is 0 Å². The summed E-state index contributed by atoms with van der Waals surface area (Å²) in [6.45, 7) is 0. The van der Waals surface area contributed by atoms with E-state index < -0.39 is 5.97 Å². The first kappa shape index (κ1) is 14.3. The molecule has 2 aromatic carbocycles. The van der Waals surface area contributed by atoms with Gasteiger partial charge in [-0.3, -0.25) is 4.79 Å². The highest BCUT2D eigenvalue weighted by molar-refractivity contribution is 6.30. The summed E-state index contributed by atoms with van der Waals surface area (Å²) in [5, 5.41) is 9.50. The third kappa shape index (κ3) is 3.68. The highest BCUT2D eigenvalue weighted by Gasteiger charge is 2.08. The normalized spacial score (nSPS) is 10.2. The molecule has 4 heteroatoms. The molecule has 3 nitrogen and oxygen atoms in total. The maximum absolute atomic E-state index is 12.0. The fourth-order valence-corrected chi connectivity index (χ4v) is 2.02. The SMILES string of the molecule is O=C(O)c1cccc(CCC(=O)c2ccc(Cl)cc2)c1. The van der Waals surface area contributed by atoms with Gasteiger partial charge in [0, 0.05) is 17.0 Å². The number of aryl methyl sites for hydroxylation is 1. The highest BCUT2D eigenvalue weighted by Crippen LogP contribution is 2.13. The lowest BCUT2D eigenvalue weighted by molar-refractivity contribution is 0.0696. The number of Topliss-reactive ketones (excluding diaryl/α,β-unsaturated/α-hetero) is 1. The number of carboxylic acids is 1. The Kier molecular flexibility index (Phi) is 4.53. The zero-order valence-electron chi connectivity index (χ0n) is 10.7. The summed E-state index contributed by atoms with van der Waals surface area (Å²) < 4.78 is 0. The van der Waals surface area contributed by atoms with E-state index in [2.05, 4.69) is 0 Å². The average Bonchev–Trinajstić information content (AvgIpc) is 2.46. The molecule has 0 heterocycles. The molecule has 2 rings (SSSR count). The fraction of sp³-hybridized carbons (Fsp3) is 0.125. The number of halogens is 1. The van der Waals surface area contributed by atoms with Gasteiger partial charge < -0.3 is 5.11 Å². The zero-order chi connectivity index (χ0) is 14.5. The van der Waals surface area contributed by atoms with E-state index in [-0.39, 0.29) is 11.3 Å². The Morgan fingerprint density at radius 2 is 1.70 bits per heavy atom. The van der Waals surface area contributed by atoms with Gasteiger partial charge in [0.05, 0.1) is 5.56 Å². The van der Waals surface area contributed by atoms with Crippen molar-refractivity contribution >= 4 is 23.4 Å². The summed E-state index contributed by atoms with van der Waals surface area (Å²) in [6.07, 6.45) is 0.854. The van der Waals surface area contributed by atoms with Crippen LogP contribution in [0.15, 0.2) is 48.5 Å². The minimum atomic E-state index is -0.962. The van der Waals surface area contributed by atoms with E-state index in [1.807, 2.05) is 6.07 Å². The molecule has 0 amide bonds. The van der Waals surface area contributed by atoms with Gasteiger partial charge in [0.25, 0.3) is 0 Å². The topological polar surface area (TPSA) is 54.4 Å². The second-order valence-corrected chi connectivity index (χ2v) is 4.87. The Morgan fingerprint density at radius 1 is 1.00 bits per heavy atom. The molecular formula is C16H13ClO3. The van der Waals surface area contributed by atoms with E-state index in [0.29, 0.717) is 23.4 Å². The van der Waals surface area contributed by atoms with Gasteiger partial charge in [0.15, 0.2) is 5.78 Å². The molecule has 0 saturated heterocycles. The van der Waals surface area contributed by atoms with Gasteiger partial charge in [-0.05, 0) is 48.4 Å². The summed E-state index contributed by atoms with van der Waals surface area (Å²) in [5.41, 5.74) is 1.69. The van der Waals surface area contributed by atoms with Crippen LogP contribution in [0, 0.1) is 0 Å². The summed E-state index contributed by atoms with van der Waals surface area (Å²) in [7, 11) is 0. The van der Waals surface area contributed by atoms with E-state index >= 15 is 0 Å². The number of hydrogen-bond donors (Lipinski definition) is 1. The first-order valence-corrected chi connectivity index (χ1v) is 6.55. The largest absolute Gasteiger partial charge is 0.478 e. The second-order valence-electron chi connectivity index (χ2n) is 4.44. The Balaban J connectivity index is 2.01. The summed E-state index contributed by atoms with van der Waals surface area (Å²) in [6, 6.07) is 13.4. The second kappa shape index (κ2) is 6.35. The van der Waals surface area contributed by atoms with Gasteiger partial charge >= 0.3 is 5.97 Å². The van der Waals surface area contributed by atoms with Gasteiger partial charge in [-0.1, -0.05) is 23.7 Å². The lowest BCUT2D eigenvalue weighted by Crippen LogP contribution is -2.02. The minimum Gasteiger partial charge on any atom is -0.478 e. The van der Waals surface area contributed by atoms with Crippen molar-refractivity contribution in [3.8, 4) is 0 Å². The molecule has 0 aliphatic heterocycles. The van der Waals surface area contributed by atoms with Gasteiger partial charge in [0.2, 0.25) is 0 Å². The van der Waals surface area contributed by atoms with Crippen molar-refractivity contribution in [3.63, 3.8) is 0 Å². The van der Waals surface area contributed by atoms with Crippen molar-refractivity contribution < 1.29 is 14.7 Å². The Morgan fingerprint density at radius 3 is 2.35 bits per heavy atom. The van der Waals surface area contributed by atoms with Crippen LogP contribution in [0.3, 0.4) is 0 Å². The lowest BCUT2D eigenvalue weighted by atomic mass is 10.0. The number of hydrogen-bond acceptors (Lipinski definition) is 2. The van der Waals surface area contributed by atoms with E-state index in [0.717, 1.165) is 5.56 Å². The molecule has 1 N–H and O–H groups in total. The summed E-state index contributed by atoms with van der Waals surface area (Å²) in [5.74, 6) is -0.946. The molecule has 0 spiro atoms. The first-order chi connectivity index (χ1) is 9.56. The van der Waals surface area contributed by atoms with E-state index in [1.54, 1.807) is 36.4 Å². The molecule has 20 heavy (non-hydrogen) atoms. The third-order valence-corrected chi connectivity index (χ3v) is 3.23. The summed E-state index contributed by atoms with van der Waals surface area (Å²) >= 11 is 5.77. The van der Waals surface area contributed by atoms with E-state index in [4.69, 9.17) is 16.7 Å². The first-order valence-electron chi connectivity index (χ1n) is 6.17. The molecule has 0 unspecified atom stereocenters. The molecule has 2 aromatic rings.